The summed E-state index contributed by atoms with van der Waals surface area (Å²) in [5.41, 5.74) is 1.87. The Labute approximate surface area is 249 Å². The molecular formula is C31H22BrClN2O3S2. The summed E-state index contributed by atoms with van der Waals surface area (Å²) < 4.78 is 37.1. The second-order valence-electron chi connectivity index (χ2n) is 9.30. The maximum absolute atomic E-state index is 13.5. The van der Waals surface area contributed by atoms with E-state index >= 15 is 0 Å². The van der Waals surface area contributed by atoms with E-state index in [9.17, 15) is 8.42 Å². The molecule has 1 aromatic heterocycles. The molecule has 1 unspecified atom stereocenters. The highest BCUT2D eigenvalue weighted by atomic mass is 79.9. The molecule has 0 amide bonds. The molecule has 1 atom stereocenters. The molecule has 0 saturated carbocycles. The highest BCUT2D eigenvalue weighted by molar-refractivity contribution is 9.10. The molecule has 0 saturated heterocycles. The number of nitrogens with zero attached hydrogens (tertiary/aromatic N) is 1. The average molecular weight is 650 g/mol. The largest absolute Gasteiger partial charge is 0.480 e. The van der Waals surface area contributed by atoms with Gasteiger partial charge in [-0.05, 0) is 76.7 Å². The van der Waals surface area contributed by atoms with Crippen LogP contribution in [0.15, 0.2) is 113 Å². The van der Waals surface area contributed by atoms with Gasteiger partial charge in [0.25, 0.3) is 10.0 Å². The lowest BCUT2D eigenvalue weighted by Gasteiger charge is -2.19. The molecule has 200 valence electrons. The number of fused-ring (bicyclic) bond motifs is 2. The van der Waals surface area contributed by atoms with Crippen LogP contribution in [0, 0.1) is 6.92 Å². The van der Waals surface area contributed by atoms with Crippen molar-refractivity contribution in [2.75, 3.05) is 4.72 Å². The molecule has 0 radical (unpaired) electrons. The Morgan fingerprint density at radius 2 is 1.62 bits per heavy atom. The zero-order valence-electron chi connectivity index (χ0n) is 21.1. The zero-order chi connectivity index (χ0) is 27.9. The number of sulfonamides is 1. The highest BCUT2D eigenvalue weighted by Gasteiger charge is 2.23. The zero-order valence-corrected chi connectivity index (χ0v) is 25.1. The molecule has 0 bridgehead atoms. The highest BCUT2D eigenvalue weighted by Crippen LogP contribution is 2.36. The lowest BCUT2D eigenvalue weighted by Crippen LogP contribution is -2.13. The van der Waals surface area contributed by atoms with E-state index in [4.69, 9.17) is 16.3 Å². The summed E-state index contributed by atoms with van der Waals surface area (Å²) in [5, 5.41) is 4.55. The third-order valence-corrected chi connectivity index (χ3v) is 9.82. The Hall–Kier alpha value is -3.43. The van der Waals surface area contributed by atoms with Gasteiger partial charge in [-0.25, -0.2) is 13.4 Å². The molecule has 0 aliphatic carbocycles. The predicted molar refractivity (Wildman–Crippen MR) is 167 cm³/mol. The van der Waals surface area contributed by atoms with Crippen LogP contribution in [0.3, 0.4) is 0 Å². The Kier molecular flexibility index (Phi) is 7.27. The maximum Gasteiger partial charge on any atom is 0.264 e. The quantitative estimate of drug-likeness (QED) is 0.187. The predicted octanol–water partition coefficient (Wildman–Crippen LogP) is 9.14. The van der Waals surface area contributed by atoms with Crippen LogP contribution in [0.5, 0.6) is 5.75 Å². The molecule has 40 heavy (non-hydrogen) atoms. The van der Waals surface area contributed by atoms with Gasteiger partial charge in [-0.15, -0.1) is 0 Å². The summed E-state index contributed by atoms with van der Waals surface area (Å²) >= 11 is 10.9. The number of hydrogen-bond donors (Lipinski definition) is 1. The van der Waals surface area contributed by atoms with Crippen molar-refractivity contribution >= 4 is 75.6 Å². The first-order chi connectivity index (χ1) is 19.3. The number of hydrogen-bond acceptors (Lipinski definition) is 5. The van der Waals surface area contributed by atoms with Gasteiger partial charge >= 0.3 is 0 Å². The molecule has 0 aliphatic rings. The molecule has 6 rings (SSSR count). The molecule has 5 nitrogen and oxygen atoms in total. The number of aryl methyl sites for hydroxylation is 1. The summed E-state index contributed by atoms with van der Waals surface area (Å²) in [4.78, 5) is 5.35. The lowest BCUT2D eigenvalue weighted by atomic mass is 10.1. The lowest BCUT2D eigenvalue weighted by molar-refractivity contribution is 0.251. The van der Waals surface area contributed by atoms with Crippen molar-refractivity contribution in [1.29, 1.82) is 0 Å². The first-order valence-corrected chi connectivity index (χ1v) is 15.8. The normalized spacial score (nSPS) is 12.5. The number of aromatic nitrogens is 1. The number of benzene rings is 5. The van der Waals surface area contributed by atoms with Crippen LogP contribution in [0.1, 0.15) is 22.1 Å². The number of thiazole rings is 1. The Morgan fingerprint density at radius 1 is 0.900 bits per heavy atom. The molecule has 9 heteroatoms. The van der Waals surface area contributed by atoms with Crippen LogP contribution >= 0.6 is 38.9 Å². The molecule has 0 aliphatic heterocycles. The number of ether oxygens (including phenoxy) is 1. The van der Waals surface area contributed by atoms with Crippen LogP contribution in [-0.4, -0.2) is 13.4 Å². The molecule has 1 N–H and O–H groups in total. The van der Waals surface area contributed by atoms with E-state index in [1.165, 1.54) is 11.3 Å². The minimum Gasteiger partial charge on any atom is -0.480 e. The smallest absolute Gasteiger partial charge is 0.264 e. The first-order valence-electron chi connectivity index (χ1n) is 12.4. The molecule has 0 spiro atoms. The topological polar surface area (TPSA) is 68.3 Å². The van der Waals surface area contributed by atoms with Crippen LogP contribution < -0.4 is 9.46 Å². The van der Waals surface area contributed by atoms with Crippen molar-refractivity contribution in [2.24, 2.45) is 0 Å². The van der Waals surface area contributed by atoms with Crippen molar-refractivity contribution in [3.05, 3.63) is 129 Å². The third-order valence-electron chi connectivity index (χ3n) is 6.60. The maximum atomic E-state index is 13.5. The number of anilines is 1. The fourth-order valence-corrected chi connectivity index (χ4v) is 7.45. The van der Waals surface area contributed by atoms with E-state index in [1.54, 1.807) is 24.4 Å². The van der Waals surface area contributed by atoms with E-state index in [1.807, 2.05) is 79.7 Å². The van der Waals surface area contributed by atoms with Crippen LogP contribution in [-0.2, 0) is 10.0 Å². The van der Waals surface area contributed by atoms with Gasteiger partial charge in [-0.3, -0.25) is 4.72 Å². The van der Waals surface area contributed by atoms with Crippen LogP contribution in [0.25, 0.3) is 21.5 Å². The van der Waals surface area contributed by atoms with E-state index in [0.29, 0.717) is 16.2 Å². The van der Waals surface area contributed by atoms with Crippen LogP contribution in [0.4, 0.5) is 5.13 Å². The summed E-state index contributed by atoms with van der Waals surface area (Å²) in [6, 6.07) is 30.3. The van der Waals surface area contributed by atoms with E-state index < -0.39 is 16.1 Å². The van der Waals surface area contributed by atoms with Gasteiger partial charge in [0.15, 0.2) is 11.2 Å². The monoisotopic (exact) mass is 648 g/mol. The number of nitrogens with one attached hydrogen (secondary N) is 1. The summed E-state index contributed by atoms with van der Waals surface area (Å²) in [6.07, 6.45) is 1.12. The van der Waals surface area contributed by atoms with Crippen LogP contribution in [0.2, 0.25) is 5.02 Å². The van der Waals surface area contributed by atoms with Crippen molar-refractivity contribution in [1.82, 2.24) is 4.98 Å². The fraction of sp³-hybridized carbons (Fsp3) is 0.0645. The number of rotatable bonds is 7. The van der Waals surface area contributed by atoms with Crippen molar-refractivity contribution in [2.45, 2.75) is 17.9 Å². The van der Waals surface area contributed by atoms with Gasteiger partial charge in [0, 0.05) is 21.1 Å². The van der Waals surface area contributed by atoms with Crippen molar-refractivity contribution in [3.63, 3.8) is 0 Å². The molecule has 6 aromatic rings. The van der Waals surface area contributed by atoms with Gasteiger partial charge in [0.1, 0.15) is 5.75 Å². The van der Waals surface area contributed by atoms with E-state index in [0.717, 1.165) is 36.6 Å². The average Bonchev–Trinajstić information content (AvgIpc) is 3.40. The summed E-state index contributed by atoms with van der Waals surface area (Å²) in [5.74, 6) is 0.677. The van der Waals surface area contributed by atoms with Gasteiger partial charge in [-0.1, -0.05) is 93.5 Å². The SMILES string of the molecule is Cc1ccc(S(=O)(=O)Nc2ncc(C(Oc3ccc4cc(Br)ccc4c3)c3ccc(Cl)cc3)s2)c2ccccc12. The minimum atomic E-state index is -3.89. The molecular weight excluding hydrogens is 628 g/mol. The Morgan fingerprint density at radius 3 is 2.42 bits per heavy atom. The molecule has 1 heterocycles. The van der Waals surface area contributed by atoms with Gasteiger partial charge in [-0.2, -0.15) is 0 Å². The molecule has 5 aromatic carbocycles. The minimum absolute atomic E-state index is 0.207. The summed E-state index contributed by atoms with van der Waals surface area (Å²) in [6.45, 7) is 1.96. The fourth-order valence-electron chi connectivity index (χ4n) is 4.61. The molecule has 0 fully saturated rings. The second-order valence-corrected chi connectivity index (χ2v) is 13.4. The van der Waals surface area contributed by atoms with Gasteiger partial charge in [0.05, 0.1) is 9.77 Å². The second kappa shape index (κ2) is 10.9. The first kappa shape index (κ1) is 26.8. The third kappa shape index (κ3) is 5.45. The number of halogens is 2. The Bertz CT molecular complexity index is 1980. The van der Waals surface area contributed by atoms with Gasteiger partial charge in [0.2, 0.25) is 0 Å². The van der Waals surface area contributed by atoms with E-state index in [-0.39, 0.29) is 10.0 Å². The standard InChI is InChI=1S/C31H22BrClN2O3S2/c1-19-6-15-29(27-5-3-2-4-26(19)27)40(36,37)35-31-34-18-28(39-31)30(20-8-12-24(33)13-9-20)38-25-14-10-21-16-23(32)11-7-22(21)17-25/h2-18,30H,1H3,(H,34,35). The Balaban J connectivity index is 1.34. The van der Waals surface area contributed by atoms with Crippen molar-refractivity contribution < 1.29 is 13.2 Å². The van der Waals surface area contributed by atoms with E-state index in [2.05, 4.69) is 31.7 Å². The van der Waals surface area contributed by atoms with Gasteiger partial charge < -0.3 is 4.74 Å². The van der Waals surface area contributed by atoms with Crippen molar-refractivity contribution in [3.8, 4) is 5.75 Å². The summed E-state index contributed by atoms with van der Waals surface area (Å²) in [7, 11) is -3.89.